The van der Waals surface area contributed by atoms with Crippen LogP contribution in [-0.2, 0) is 11.3 Å². The van der Waals surface area contributed by atoms with Crippen LogP contribution < -0.4 is 0 Å². The molecule has 2 aromatic rings. The van der Waals surface area contributed by atoms with Crippen LogP contribution in [0.15, 0.2) is 35.7 Å². The molecule has 0 unspecified atom stereocenters. The Bertz CT molecular complexity index is 668. The van der Waals surface area contributed by atoms with Crippen molar-refractivity contribution in [1.29, 1.82) is 0 Å². The Morgan fingerprint density at radius 3 is 2.90 bits per heavy atom. The highest BCUT2D eigenvalue weighted by molar-refractivity contribution is 7.03. The van der Waals surface area contributed by atoms with E-state index < -0.39 is 5.97 Å². The Kier molecular flexibility index (Phi) is 4.78. The van der Waals surface area contributed by atoms with Gasteiger partial charge in [-0.15, -0.1) is 5.10 Å². The lowest BCUT2D eigenvalue weighted by Crippen LogP contribution is -2.26. The molecule has 0 aliphatic heterocycles. The van der Waals surface area contributed by atoms with E-state index in [0.29, 0.717) is 12.2 Å². The lowest BCUT2D eigenvalue weighted by Gasteiger charge is -2.16. The fourth-order valence-corrected chi connectivity index (χ4v) is 2.19. The lowest BCUT2D eigenvalue weighted by molar-refractivity contribution is -0.131. The van der Waals surface area contributed by atoms with Gasteiger partial charge in [0.05, 0.1) is 0 Å². The Hall–Kier alpha value is -2.54. The van der Waals surface area contributed by atoms with Gasteiger partial charge in [0.15, 0.2) is 5.69 Å². The molecule has 21 heavy (non-hydrogen) atoms. The summed E-state index contributed by atoms with van der Waals surface area (Å²) in [6.07, 6.45) is 2.59. The number of benzene rings is 1. The van der Waals surface area contributed by atoms with Gasteiger partial charge in [-0.1, -0.05) is 22.7 Å². The summed E-state index contributed by atoms with van der Waals surface area (Å²) in [5.74, 6) is -1.20. The van der Waals surface area contributed by atoms with Gasteiger partial charge < -0.3 is 10.0 Å². The van der Waals surface area contributed by atoms with E-state index in [0.717, 1.165) is 28.7 Å². The summed E-state index contributed by atoms with van der Waals surface area (Å²) in [7, 11) is 1.68. The molecule has 0 aliphatic carbocycles. The van der Waals surface area contributed by atoms with Gasteiger partial charge in [0.1, 0.15) is 0 Å². The summed E-state index contributed by atoms with van der Waals surface area (Å²) in [5.41, 5.74) is 2.00. The van der Waals surface area contributed by atoms with Crippen molar-refractivity contribution in [3.8, 4) is 0 Å². The molecular formula is C14H13N3O3S. The Morgan fingerprint density at radius 2 is 2.24 bits per heavy atom. The fraction of sp³-hybridized carbons (Fsp3) is 0.143. The van der Waals surface area contributed by atoms with E-state index in [2.05, 4.69) is 9.59 Å². The first-order chi connectivity index (χ1) is 10.1. The largest absolute Gasteiger partial charge is 0.478 e. The van der Waals surface area contributed by atoms with Gasteiger partial charge in [-0.05, 0) is 34.8 Å². The average Bonchev–Trinajstić information content (AvgIpc) is 2.98. The predicted molar refractivity (Wildman–Crippen MR) is 78.8 cm³/mol. The van der Waals surface area contributed by atoms with E-state index in [-0.39, 0.29) is 5.91 Å². The zero-order valence-electron chi connectivity index (χ0n) is 11.3. The number of nitrogens with zero attached hydrogens (tertiary/aromatic N) is 3. The molecule has 7 heteroatoms. The van der Waals surface area contributed by atoms with Crippen molar-refractivity contribution in [2.24, 2.45) is 0 Å². The summed E-state index contributed by atoms with van der Waals surface area (Å²) >= 11 is 1.13. The smallest absolute Gasteiger partial charge is 0.328 e. The van der Waals surface area contributed by atoms with Crippen LogP contribution in [0.1, 0.15) is 21.6 Å². The number of aliphatic carboxylic acids is 1. The average molecular weight is 303 g/mol. The fourth-order valence-electron chi connectivity index (χ4n) is 1.76. The van der Waals surface area contributed by atoms with Crippen LogP contribution in [0.5, 0.6) is 0 Å². The molecule has 2 rings (SSSR count). The molecule has 0 spiro atoms. The third-order valence-electron chi connectivity index (χ3n) is 2.71. The predicted octanol–water partition coefficient (Wildman–Crippen LogP) is 1.91. The second-order valence-corrected chi connectivity index (χ2v) is 4.98. The van der Waals surface area contributed by atoms with Crippen LogP contribution in [0.25, 0.3) is 6.08 Å². The second kappa shape index (κ2) is 6.76. The molecule has 108 valence electrons. The maximum atomic E-state index is 12.0. The van der Waals surface area contributed by atoms with Gasteiger partial charge in [-0.3, -0.25) is 4.79 Å². The van der Waals surface area contributed by atoms with Crippen LogP contribution >= 0.6 is 11.5 Å². The first kappa shape index (κ1) is 14.9. The van der Waals surface area contributed by atoms with Crippen molar-refractivity contribution >= 4 is 29.5 Å². The number of carboxylic acids is 1. The summed E-state index contributed by atoms with van der Waals surface area (Å²) in [5, 5.41) is 14.0. The molecule has 0 saturated carbocycles. The topological polar surface area (TPSA) is 83.4 Å². The van der Waals surface area contributed by atoms with Crippen molar-refractivity contribution in [3.63, 3.8) is 0 Å². The van der Waals surface area contributed by atoms with Crippen molar-refractivity contribution < 1.29 is 14.7 Å². The minimum Gasteiger partial charge on any atom is -0.478 e. The highest BCUT2D eigenvalue weighted by atomic mass is 32.1. The minimum atomic E-state index is -0.997. The molecule has 1 aromatic heterocycles. The number of amides is 1. The summed E-state index contributed by atoms with van der Waals surface area (Å²) in [6, 6.07) is 7.33. The summed E-state index contributed by atoms with van der Waals surface area (Å²) in [6.45, 7) is 0.408. The quantitative estimate of drug-likeness (QED) is 0.853. The SMILES string of the molecule is CN(Cc1cccc(C=CC(=O)O)c1)C(=O)c1csnn1. The number of carbonyl (C=O) groups is 2. The molecule has 0 radical (unpaired) electrons. The van der Waals surface area contributed by atoms with Crippen LogP contribution in [0.4, 0.5) is 0 Å². The van der Waals surface area contributed by atoms with E-state index in [1.54, 1.807) is 18.5 Å². The van der Waals surface area contributed by atoms with Gasteiger partial charge in [0, 0.05) is 25.0 Å². The molecule has 1 heterocycles. The van der Waals surface area contributed by atoms with Crippen molar-refractivity contribution in [2.75, 3.05) is 7.05 Å². The first-order valence-electron chi connectivity index (χ1n) is 6.09. The van der Waals surface area contributed by atoms with Crippen molar-refractivity contribution in [1.82, 2.24) is 14.5 Å². The Morgan fingerprint density at radius 1 is 1.43 bits per heavy atom. The van der Waals surface area contributed by atoms with Gasteiger partial charge in [0.25, 0.3) is 5.91 Å². The Labute approximate surface area is 125 Å². The van der Waals surface area contributed by atoms with E-state index in [9.17, 15) is 9.59 Å². The molecule has 0 fully saturated rings. The van der Waals surface area contributed by atoms with Gasteiger partial charge in [-0.2, -0.15) is 0 Å². The number of carboxylic acid groups (broad SMARTS) is 1. The molecule has 6 nitrogen and oxygen atoms in total. The highest BCUT2D eigenvalue weighted by Crippen LogP contribution is 2.11. The van der Waals surface area contributed by atoms with Crippen molar-refractivity contribution in [2.45, 2.75) is 6.54 Å². The molecule has 0 bridgehead atoms. The molecule has 1 amide bonds. The standard InChI is InChI=1S/C14H13N3O3S/c1-17(14(20)12-9-21-16-15-12)8-11-4-2-3-10(7-11)5-6-13(18)19/h2-7,9H,8H2,1H3,(H,18,19). The zero-order valence-corrected chi connectivity index (χ0v) is 12.1. The minimum absolute atomic E-state index is 0.199. The van der Waals surface area contributed by atoms with Gasteiger partial charge >= 0.3 is 5.97 Å². The Balaban J connectivity index is 2.07. The summed E-state index contributed by atoms with van der Waals surface area (Å²) < 4.78 is 3.67. The molecular weight excluding hydrogens is 290 g/mol. The van der Waals surface area contributed by atoms with Crippen LogP contribution in [-0.4, -0.2) is 38.5 Å². The maximum Gasteiger partial charge on any atom is 0.328 e. The van der Waals surface area contributed by atoms with Crippen LogP contribution in [0, 0.1) is 0 Å². The third-order valence-corrected chi connectivity index (χ3v) is 3.22. The molecule has 1 aromatic carbocycles. The van der Waals surface area contributed by atoms with Crippen LogP contribution in [0.2, 0.25) is 0 Å². The molecule has 0 atom stereocenters. The van der Waals surface area contributed by atoms with E-state index >= 15 is 0 Å². The zero-order chi connectivity index (χ0) is 15.2. The van der Waals surface area contributed by atoms with Gasteiger partial charge in [-0.25, -0.2) is 4.79 Å². The molecule has 0 aliphatic rings. The van der Waals surface area contributed by atoms with Gasteiger partial charge in [0.2, 0.25) is 0 Å². The maximum absolute atomic E-state index is 12.0. The molecule has 1 N–H and O–H groups in total. The number of rotatable bonds is 5. The lowest BCUT2D eigenvalue weighted by atomic mass is 10.1. The highest BCUT2D eigenvalue weighted by Gasteiger charge is 2.14. The third kappa shape index (κ3) is 4.22. The molecule has 0 saturated heterocycles. The number of aromatic nitrogens is 2. The summed E-state index contributed by atoms with van der Waals surface area (Å²) in [4.78, 5) is 24.1. The first-order valence-corrected chi connectivity index (χ1v) is 6.92. The number of hydrogen-bond donors (Lipinski definition) is 1. The van der Waals surface area contributed by atoms with E-state index in [4.69, 9.17) is 5.11 Å². The van der Waals surface area contributed by atoms with Crippen molar-refractivity contribution in [3.05, 3.63) is 52.5 Å². The second-order valence-electron chi connectivity index (χ2n) is 4.37. The monoisotopic (exact) mass is 303 g/mol. The number of hydrogen-bond acceptors (Lipinski definition) is 5. The van der Waals surface area contributed by atoms with Crippen LogP contribution in [0.3, 0.4) is 0 Å². The van der Waals surface area contributed by atoms with E-state index in [1.165, 1.54) is 11.0 Å². The number of carbonyl (C=O) groups excluding carboxylic acids is 1. The van der Waals surface area contributed by atoms with E-state index in [1.807, 2.05) is 18.2 Å². The normalized spacial score (nSPS) is 10.7.